The van der Waals surface area contributed by atoms with Gasteiger partial charge in [-0.2, -0.15) is 0 Å². The summed E-state index contributed by atoms with van der Waals surface area (Å²) in [5.74, 6) is 0. The van der Waals surface area contributed by atoms with Crippen LogP contribution in [0.1, 0.15) is 30.0 Å². The zero-order chi connectivity index (χ0) is 23.6. The first-order chi connectivity index (χ1) is 17.2. The van der Waals surface area contributed by atoms with E-state index in [-0.39, 0.29) is 6.04 Å². The van der Waals surface area contributed by atoms with E-state index in [1.54, 1.807) is 0 Å². The topological polar surface area (TPSA) is 41.9 Å². The van der Waals surface area contributed by atoms with Crippen LogP contribution in [0.3, 0.4) is 0 Å². The minimum atomic E-state index is 0.0844. The van der Waals surface area contributed by atoms with Crippen molar-refractivity contribution in [1.29, 1.82) is 0 Å². The van der Waals surface area contributed by atoms with Crippen molar-refractivity contribution in [3.8, 4) is 0 Å². The third-order valence-corrected chi connectivity index (χ3v) is 6.64. The fourth-order valence-corrected chi connectivity index (χ4v) is 4.64. The number of benzene rings is 3. The number of hydrogen-bond donors (Lipinski definition) is 0. The molecule has 170 valence electrons. The summed E-state index contributed by atoms with van der Waals surface area (Å²) in [6, 6.07) is 37.8. The Kier molecular flexibility index (Phi) is 5.65. The number of aromatic nitrogens is 3. The molecular formula is C31H26N4. The van der Waals surface area contributed by atoms with Crippen molar-refractivity contribution in [3.05, 3.63) is 126 Å². The largest absolute Gasteiger partial charge is 0.283 e. The third-order valence-electron chi connectivity index (χ3n) is 6.64. The van der Waals surface area contributed by atoms with E-state index in [0.29, 0.717) is 13.1 Å². The highest BCUT2D eigenvalue weighted by Crippen LogP contribution is 2.26. The van der Waals surface area contributed by atoms with E-state index in [4.69, 9.17) is 15.0 Å². The Labute approximate surface area is 204 Å². The Morgan fingerprint density at radius 1 is 0.514 bits per heavy atom. The average Bonchev–Trinajstić information content (AvgIpc) is 2.92. The highest BCUT2D eigenvalue weighted by Gasteiger charge is 2.20. The molecule has 0 fully saturated rings. The second-order valence-electron chi connectivity index (χ2n) is 9.00. The maximum atomic E-state index is 5.00. The van der Waals surface area contributed by atoms with Gasteiger partial charge in [-0.1, -0.05) is 72.8 Å². The molecule has 0 radical (unpaired) electrons. The molecule has 1 unspecified atom stereocenters. The molecule has 3 heterocycles. The summed E-state index contributed by atoms with van der Waals surface area (Å²) in [5.41, 5.74) is 6.18. The second-order valence-corrected chi connectivity index (χ2v) is 9.00. The van der Waals surface area contributed by atoms with E-state index >= 15 is 0 Å². The van der Waals surface area contributed by atoms with Crippen LogP contribution in [0.4, 0.5) is 0 Å². The minimum absolute atomic E-state index is 0.0844. The van der Waals surface area contributed by atoms with E-state index in [0.717, 1.165) is 49.8 Å². The Morgan fingerprint density at radius 2 is 0.943 bits per heavy atom. The van der Waals surface area contributed by atoms with Gasteiger partial charge in [-0.3, -0.25) is 19.9 Å². The van der Waals surface area contributed by atoms with Crippen LogP contribution in [0.25, 0.3) is 32.7 Å². The molecule has 0 bridgehead atoms. The van der Waals surface area contributed by atoms with E-state index < -0.39 is 0 Å². The number of para-hydroxylation sites is 3. The Morgan fingerprint density at radius 3 is 1.46 bits per heavy atom. The molecular weight excluding hydrogens is 428 g/mol. The van der Waals surface area contributed by atoms with Crippen molar-refractivity contribution >= 4 is 32.7 Å². The van der Waals surface area contributed by atoms with E-state index in [1.165, 1.54) is 0 Å². The van der Waals surface area contributed by atoms with Gasteiger partial charge in [-0.25, -0.2) is 0 Å². The Balaban J connectivity index is 1.37. The van der Waals surface area contributed by atoms with Gasteiger partial charge >= 0.3 is 0 Å². The summed E-state index contributed by atoms with van der Waals surface area (Å²) in [6.45, 7) is 3.63. The Hall–Kier alpha value is -4.15. The van der Waals surface area contributed by atoms with Gasteiger partial charge in [0.2, 0.25) is 0 Å². The first-order valence-electron chi connectivity index (χ1n) is 12.0. The van der Waals surface area contributed by atoms with Gasteiger partial charge in [-0.15, -0.1) is 0 Å². The zero-order valence-electron chi connectivity index (χ0n) is 19.7. The van der Waals surface area contributed by atoms with Gasteiger partial charge in [0.15, 0.2) is 0 Å². The number of rotatable bonds is 6. The molecule has 1 atom stereocenters. The molecule has 3 aromatic heterocycles. The summed E-state index contributed by atoms with van der Waals surface area (Å²) in [5, 5.41) is 3.47. The summed E-state index contributed by atoms with van der Waals surface area (Å²) in [6.07, 6.45) is 0. The normalized spacial score (nSPS) is 12.5. The summed E-state index contributed by atoms with van der Waals surface area (Å²) >= 11 is 0. The predicted molar refractivity (Wildman–Crippen MR) is 143 cm³/mol. The quantitative estimate of drug-likeness (QED) is 0.269. The van der Waals surface area contributed by atoms with Crippen LogP contribution in [0.15, 0.2) is 109 Å². The molecule has 0 saturated carbocycles. The van der Waals surface area contributed by atoms with Gasteiger partial charge in [-0.05, 0) is 43.3 Å². The lowest BCUT2D eigenvalue weighted by molar-refractivity contribution is 0.184. The maximum absolute atomic E-state index is 5.00. The lowest BCUT2D eigenvalue weighted by atomic mass is 10.1. The van der Waals surface area contributed by atoms with E-state index in [9.17, 15) is 0 Å². The van der Waals surface area contributed by atoms with Crippen LogP contribution in [0.5, 0.6) is 0 Å². The van der Waals surface area contributed by atoms with Gasteiger partial charge < -0.3 is 0 Å². The maximum Gasteiger partial charge on any atom is 0.0706 e. The van der Waals surface area contributed by atoms with Crippen molar-refractivity contribution in [2.24, 2.45) is 0 Å². The third kappa shape index (κ3) is 4.48. The second kappa shape index (κ2) is 9.24. The highest BCUT2D eigenvalue weighted by atomic mass is 15.2. The number of pyridine rings is 3. The minimum Gasteiger partial charge on any atom is -0.283 e. The van der Waals surface area contributed by atoms with Gasteiger partial charge in [0.1, 0.15) is 0 Å². The van der Waals surface area contributed by atoms with E-state index in [1.807, 2.05) is 18.2 Å². The zero-order valence-corrected chi connectivity index (χ0v) is 19.7. The molecule has 0 amide bonds. The van der Waals surface area contributed by atoms with Crippen LogP contribution in [0.2, 0.25) is 0 Å². The molecule has 6 aromatic rings. The molecule has 4 nitrogen and oxygen atoms in total. The van der Waals surface area contributed by atoms with Crippen molar-refractivity contribution < 1.29 is 0 Å². The number of hydrogen-bond acceptors (Lipinski definition) is 4. The molecule has 0 N–H and O–H groups in total. The summed E-state index contributed by atoms with van der Waals surface area (Å²) < 4.78 is 0. The molecule has 0 spiro atoms. The molecule has 35 heavy (non-hydrogen) atoms. The molecule has 0 saturated heterocycles. The van der Waals surface area contributed by atoms with Gasteiger partial charge in [0.05, 0.1) is 39.7 Å². The fraction of sp³-hybridized carbons (Fsp3) is 0.129. The summed E-state index contributed by atoms with van der Waals surface area (Å²) in [4.78, 5) is 17.3. The average molecular weight is 455 g/mol. The molecule has 6 rings (SSSR count). The van der Waals surface area contributed by atoms with Gasteiger partial charge in [0.25, 0.3) is 0 Å². The molecule has 0 aliphatic rings. The predicted octanol–water partition coefficient (Wildman–Crippen LogP) is 7.09. The highest BCUT2D eigenvalue weighted by molar-refractivity contribution is 5.79. The first-order valence-corrected chi connectivity index (χ1v) is 12.0. The Bertz CT molecular complexity index is 1560. The van der Waals surface area contributed by atoms with Crippen LogP contribution in [0, 0.1) is 0 Å². The van der Waals surface area contributed by atoms with Crippen molar-refractivity contribution in [2.75, 3.05) is 0 Å². The van der Waals surface area contributed by atoms with Crippen molar-refractivity contribution in [2.45, 2.75) is 26.1 Å². The van der Waals surface area contributed by atoms with Crippen LogP contribution in [-0.4, -0.2) is 19.9 Å². The van der Waals surface area contributed by atoms with Crippen molar-refractivity contribution in [1.82, 2.24) is 19.9 Å². The smallest absolute Gasteiger partial charge is 0.0706 e. The van der Waals surface area contributed by atoms with Crippen LogP contribution >= 0.6 is 0 Å². The lowest BCUT2D eigenvalue weighted by Gasteiger charge is -2.28. The van der Waals surface area contributed by atoms with Gasteiger partial charge in [0, 0.05) is 29.2 Å². The molecule has 3 aromatic carbocycles. The number of fused-ring (bicyclic) bond motifs is 3. The monoisotopic (exact) mass is 454 g/mol. The number of nitrogens with zero attached hydrogens (tertiary/aromatic N) is 4. The van der Waals surface area contributed by atoms with Crippen LogP contribution in [-0.2, 0) is 13.1 Å². The molecule has 0 aliphatic carbocycles. The SMILES string of the molecule is CC(c1ccc2ccccc2n1)N(Cc1ccc2ccccc2n1)Cc1ccc2ccccc2n1. The summed E-state index contributed by atoms with van der Waals surface area (Å²) in [7, 11) is 0. The standard InChI is InChI=1S/C31H26N4/c1-22(28-19-16-25-10-4-7-13-31(25)34-28)35(20-26-17-14-23-8-2-5-11-29(23)32-26)21-27-18-15-24-9-3-6-12-30(24)33-27/h2-19,22H,20-21H2,1H3. The first kappa shape index (κ1) is 21.4. The fourth-order valence-electron chi connectivity index (χ4n) is 4.64. The molecule has 0 aliphatic heterocycles. The van der Waals surface area contributed by atoms with Crippen molar-refractivity contribution in [3.63, 3.8) is 0 Å². The van der Waals surface area contributed by atoms with E-state index in [2.05, 4.69) is 103 Å². The molecule has 4 heteroatoms. The van der Waals surface area contributed by atoms with Crippen LogP contribution < -0.4 is 0 Å². The lowest BCUT2D eigenvalue weighted by Crippen LogP contribution is -2.27.